The average molecular weight is 383 g/mol. The third-order valence-corrected chi connectivity index (χ3v) is 4.40. The maximum absolute atomic E-state index is 13.0. The third-order valence-electron chi connectivity index (χ3n) is 4.40. The van der Waals surface area contributed by atoms with E-state index in [0.29, 0.717) is 34.0 Å². The van der Waals surface area contributed by atoms with E-state index in [2.05, 4.69) is 16.0 Å². The molecule has 3 amide bonds. The number of methoxy groups -OCH3 is 2. The van der Waals surface area contributed by atoms with Crippen molar-refractivity contribution in [1.29, 1.82) is 0 Å². The van der Waals surface area contributed by atoms with E-state index in [1.165, 1.54) is 13.2 Å². The number of ether oxygens (including phenoxy) is 2. The molecule has 3 rings (SSSR count). The Morgan fingerprint density at radius 2 is 1.82 bits per heavy atom. The van der Waals surface area contributed by atoms with Gasteiger partial charge < -0.3 is 30.5 Å². The van der Waals surface area contributed by atoms with Gasteiger partial charge in [0.1, 0.15) is 5.75 Å². The molecule has 8 nitrogen and oxygen atoms in total. The van der Waals surface area contributed by atoms with Gasteiger partial charge in [-0.05, 0) is 48.9 Å². The second kappa shape index (κ2) is 7.91. The molecule has 8 heteroatoms. The Kier molecular flexibility index (Phi) is 5.39. The summed E-state index contributed by atoms with van der Waals surface area (Å²) in [5.41, 5.74) is 1.89. The summed E-state index contributed by atoms with van der Waals surface area (Å²) in [6, 6.07) is 10.5. The van der Waals surface area contributed by atoms with Crippen LogP contribution < -0.4 is 25.4 Å². The molecular formula is C20H21N3O5. The van der Waals surface area contributed by atoms with Gasteiger partial charge in [-0.15, -0.1) is 0 Å². The summed E-state index contributed by atoms with van der Waals surface area (Å²) in [7, 11) is 3.01. The Bertz CT molecular complexity index is 937. The fourth-order valence-electron chi connectivity index (χ4n) is 3.00. The van der Waals surface area contributed by atoms with Crippen molar-refractivity contribution in [2.24, 2.45) is 0 Å². The molecule has 1 atom stereocenters. The van der Waals surface area contributed by atoms with Gasteiger partial charge in [-0.3, -0.25) is 4.79 Å². The SMILES string of the molecule is COc1ccc(NC(=O)C2=C(C)NC(=O)N[C@H]2c2ccc(OC)c(O)c2)cc1. The number of anilines is 1. The van der Waals surface area contributed by atoms with E-state index in [1.54, 1.807) is 50.4 Å². The third kappa shape index (κ3) is 3.85. The molecule has 0 unspecified atom stereocenters. The lowest BCUT2D eigenvalue weighted by Gasteiger charge is -2.29. The van der Waals surface area contributed by atoms with Crippen molar-refractivity contribution in [2.75, 3.05) is 19.5 Å². The maximum Gasteiger partial charge on any atom is 0.319 e. The summed E-state index contributed by atoms with van der Waals surface area (Å²) in [4.78, 5) is 24.9. The lowest BCUT2D eigenvalue weighted by Crippen LogP contribution is -2.45. The van der Waals surface area contributed by atoms with Crippen molar-refractivity contribution >= 4 is 17.6 Å². The molecule has 1 aliphatic heterocycles. The number of carbonyl (C=O) groups is 2. The number of carbonyl (C=O) groups excluding carboxylic acids is 2. The van der Waals surface area contributed by atoms with Crippen LogP contribution in [0, 0.1) is 0 Å². The summed E-state index contributed by atoms with van der Waals surface area (Å²) in [6.45, 7) is 1.65. The number of hydrogen-bond donors (Lipinski definition) is 4. The Hall–Kier alpha value is -3.68. The van der Waals surface area contributed by atoms with Crippen molar-refractivity contribution in [1.82, 2.24) is 10.6 Å². The minimum Gasteiger partial charge on any atom is -0.504 e. The summed E-state index contributed by atoms with van der Waals surface area (Å²) < 4.78 is 10.2. The molecule has 0 spiro atoms. The predicted octanol–water partition coefficient (Wildman–Crippen LogP) is 2.68. The van der Waals surface area contributed by atoms with Crippen LogP contribution in [0.4, 0.5) is 10.5 Å². The Labute approximate surface area is 162 Å². The second-order valence-electron chi connectivity index (χ2n) is 6.18. The van der Waals surface area contributed by atoms with Crippen molar-refractivity contribution in [2.45, 2.75) is 13.0 Å². The largest absolute Gasteiger partial charge is 0.504 e. The number of urea groups is 1. The van der Waals surface area contributed by atoms with Gasteiger partial charge in [0.15, 0.2) is 11.5 Å². The average Bonchev–Trinajstić information content (AvgIpc) is 2.67. The molecule has 0 saturated carbocycles. The molecule has 146 valence electrons. The number of aromatic hydroxyl groups is 1. The van der Waals surface area contributed by atoms with Gasteiger partial charge >= 0.3 is 6.03 Å². The molecule has 2 aromatic rings. The number of amides is 3. The minimum absolute atomic E-state index is 0.0830. The summed E-state index contributed by atoms with van der Waals surface area (Å²) in [5.74, 6) is 0.511. The highest BCUT2D eigenvalue weighted by atomic mass is 16.5. The van der Waals surface area contributed by atoms with E-state index in [-0.39, 0.29) is 11.7 Å². The molecule has 28 heavy (non-hydrogen) atoms. The smallest absolute Gasteiger partial charge is 0.319 e. The number of nitrogens with one attached hydrogen (secondary N) is 3. The van der Waals surface area contributed by atoms with E-state index < -0.39 is 12.1 Å². The first-order chi connectivity index (χ1) is 13.4. The molecule has 4 N–H and O–H groups in total. The van der Waals surface area contributed by atoms with Crippen LogP contribution in [0.1, 0.15) is 18.5 Å². The molecule has 2 aromatic carbocycles. The Balaban J connectivity index is 1.92. The maximum atomic E-state index is 13.0. The normalized spacial score (nSPS) is 16.1. The zero-order chi connectivity index (χ0) is 20.3. The van der Waals surface area contributed by atoms with Gasteiger partial charge in [0.2, 0.25) is 0 Å². The van der Waals surface area contributed by atoms with E-state index in [0.717, 1.165) is 0 Å². The summed E-state index contributed by atoms with van der Waals surface area (Å²) in [6.07, 6.45) is 0. The molecule has 0 aromatic heterocycles. The van der Waals surface area contributed by atoms with Gasteiger partial charge in [-0.25, -0.2) is 4.79 Å². The van der Waals surface area contributed by atoms with Gasteiger partial charge in [0.05, 0.1) is 25.8 Å². The highest BCUT2D eigenvalue weighted by molar-refractivity contribution is 6.06. The van der Waals surface area contributed by atoms with Crippen LogP contribution in [0.15, 0.2) is 53.7 Å². The van der Waals surface area contributed by atoms with E-state index in [4.69, 9.17) is 9.47 Å². The molecule has 0 aliphatic carbocycles. The summed E-state index contributed by atoms with van der Waals surface area (Å²) in [5, 5.41) is 18.2. The topological polar surface area (TPSA) is 109 Å². The van der Waals surface area contributed by atoms with Crippen LogP contribution in [0.2, 0.25) is 0 Å². The standard InChI is InChI=1S/C20H21N3O5/c1-11-17(19(25)22-13-5-7-14(27-2)8-6-13)18(23-20(26)21-11)12-4-9-16(28-3)15(24)10-12/h4-10,18,24H,1-3H3,(H,22,25)(H2,21,23,26)/t18-/m0/s1. The zero-order valence-corrected chi connectivity index (χ0v) is 15.7. The van der Waals surface area contributed by atoms with Crippen LogP contribution >= 0.6 is 0 Å². The molecule has 0 radical (unpaired) electrons. The minimum atomic E-state index is -0.733. The highest BCUT2D eigenvalue weighted by Crippen LogP contribution is 2.33. The van der Waals surface area contributed by atoms with Gasteiger partial charge in [0, 0.05) is 11.4 Å². The second-order valence-corrected chi connectivity index (χ2v) is 6.18. The number of phenolic OH excluding ortho intramolecular Hbond substituents is 1. The molecular weight excluding hydrogens is 362 g/mol. The Morgan fingerprint density at radius 3 is 2.43 bits per heavy atom. The fourth-order valence-corrected chi connectivity index (χ4v) is 3.00. The van der Waals surface area contributed by atoms with Crippen molar-refractivity contribution in [3.05, 3.63) is 59.3 Å². The van der Waals surface area contributed by atoms with Crippen molar-refractivity contribution in [3.63, 3.8) is 0 Å². The molecule has 1 aliphatic rings. The molecule has 0 fully saturated rings. The van der Waals surface area contributed by atoms with Gasteiger partial charge in [-0.2, -0.15) is 0 Å². The molecule has 0 saturated heterocycles. The van der Waals surface area contributed by atoms with Crippen molar-refractivity contribution in [3.8, 4) is 17.2 Å². The van der Waals surface area contributed by atoms with Crippen LogP contribution in [-0.4, -0.2) is 31.3 Å². The van der Waals surface area contributed by atoms with Crippen LogP contribution in [0.3, 0.4) is 0 Å². The number of benzene rings is 2. The monoisotopic (exact) mass is 383 g/mol. The fraction of sp³-hybridized carbons (Fsp3) is 0.200. The lowest BCUT2D eigenvalue weighted by molar-refractivity contribution is -0.113. The molecule has 1 heterocycles. The highest BCUT2D eigenvalue weighted by Gasteiger charge is 2.31. The van der Waals surface area contributed by atoms with Crippen LogP contribution in [0.5, 0.6) is 17.2 Å². The first-order valence-electron chi connectivity index (χ1n) is 8.53. The zero-order valence-electron chi connectivity index (χ0n) is 15.7. The number of rotatable bonds is 5. The lowest BCUT2D eigenvalue weighted by atomic mass is 9.94. The first kappa shape index (κ1) is 19.1. The van der Waals surface area contributed by atoms with E-state index in [1.807, 2.05) is 0 Å². The van der Waals surface area contributed by atoms with Crippen LogP contribution in [0.25, 0.3) is 0 Å². The Morgan fingerprint density at radius 1 is 1.11 bits per heavy atom. The van der Waals surface area contributed by atoms with Gasteiger partial charge in [0.25, 0.3) is 5.91 Å². The van der Waals surface area contributed by atoms with Crippen LogP contribution in [-0.2, 0) is 4.79 Å². The number of hydrogen-bond acceptors (Lipinski definition) is 5. The predicted molar refractivity (Wildman–Crippen MR) is 103 cm³/mol. The molecule has 0 bridgehead atoms. The quantitative estimate of drug-likeness (QED) is 0.635. The number of phenols is 1. The van der Waals surface area contributed by atoms with Crippen molar-refractivity contribution < 1.29 is 24.2 Å². The van der Waals surface area contributed by atoms with Gasteiger partial charge in [-0.1, -0.05) is 6.07 Å². The number of allylic oxidation sites excluding steroid dienone is 1. The van der Waals surface area contributed by atoms with E-state index >= 15 is 0 Å². The van der Waals surface area contributed by atoms with E-state index in [9.17, 15) is 14.7 Å². The summed E-state index contributed by atoms with van der Waals surface area (Å²) >= 11 is 0. The first-order valence-corrected chi connectivity index (χ1v) is 8.53.